The second-order valence-electron chi connectivity index (χ2n) is 7.47. The number of nitrogens with zero attached hydrogens (tertiary/aromatic N) is 3. The maximum Gasteiger partial charge on any atom is 0.0991 e. The normalized spacial score (nSPS) is 11.6. The minimum absolute atomic E-state index is 0.685. The molecule has 29 heavy (non-hydrogen) atoms. The Morgan fingerprint density at radius 3 is 2.00 bits per heavy atom. The lowest BCUT2D eigenvalue weighted by Crippen LogP contribution is -1.94. The van der Waals surface area contributed by atoms with E-state index >= 15 is 0 Å². The first-order chi connectivity index (χ1) is 14.3. The topological polar surface area (TPSA) is 33.6 Å². The highest BCUT2D eigenvalue weighted by atomic mass is 15.0. The number of aryl methyl sites for hydroxylation is 1. The van der Waals surface area contributed by atoms with Gasteiger partial charge in [0.15, 0.2) is 0 Å². The molecule has 0 unspecified atom stereocenters. The van der Waals surface area contributed by atoms with Crippen LogP contribution in [0.5, 0.6) is 0 Å². The van der Waals surface area contributed by atoms with E-state index in [1.165, 1.54) is 21.8 Å². The van der Waals surface area contributed by atoms with E-state index in [-0.39, 0.29) is 0 Å². The number of nitriles is 1. The van der Waals surface area contributed by atoms with Crippen molar-refractivity contribution in [3.8, 4) is 11.8 Å². The number of para-hydroxylation sites is 2. The van der Waals surface area contributed by atoms with Crippen LogP contribution in [-0.4, -0.2) is 9.13 Å². The largest absolute Gasteiger partial charge is 0.344 e. The third-order valence-corrected chi connectivity index (χ3v) is 5.96. The molecule has 0 spiro atoms. The maximum absolute atomic E-state index is 9.36. The van der Waals surface area contributed by atoms with Crippen molar-refractivity contribution in [2.45, 2.75) is 0 Å². The number of hydrogen-bond acceptors (Lipinski definition) is 1. The monoisotopic (exact) mass is 371 g/mol. The molecule has 6 rings (SSSR count). The van der Waals surface area contributed by atoms with Gasteiger partial charge >= 0.3 is 0 Å². The van der Waals surface area contributed by atoms with Crippen LogP contribution >= 0.6 is 0 Å². The van der Waals surface area contributed by atoms with E-state index in [0.29, 0.717) is 5.56 Å². The molecule has 0 aliphatic rings. The second-order valence-corrected chi connectivity index (χ2v) is 7.47. The zero-order chi connectivity index (χ0) is 19.5. The molecule has 3 heteroatoms. The first kappa shape index (κ1) is 16.0. The third-order valence-electron chi connectivity index (χ3n) is 5.96. The number of fused-ring (bicyclic) bond motifs is 6. The SMILES string of the molecule is Cn1c2ccccc2c2cc(-n3c4ccccc4c4cc(C#N)ccc43)ccc21. The molecule has 0 aliphatic heterocycles. The molecule has 3 nitrogen and oxygen atoms in total. The number of hydrogen-bond donors (Lipinski definition) is 0. The van der Waals surface area contributed by atoms with Crippen LogP contribution in [0.1, 0.15) is 5.56 Å². The Morgan fingerprint density at radius 2 is 1.21 bits per heavy atom. The Labute approximate surface area is 167 Å². The van der Waals surface area contributed by atoms with Crippen molar-refractivity contribution >= 4 is 43.6 Å². The average Bonchev–Trinajstić information content (AvgIpc) is 3.26. The molecule has 6 aromatic rings. The number of aromatic nitrogens is 2. The van der Waals surface area contributed by atoms with Crippen molar-refractivity contribution in [1.82, 2.24) is 9.13 Å². The highest BCUT2D eigenvalue weighted by Crippen LogP contribution is 2.35. The van der Waals surface area contributed by atoms with E-state index in [4.69, 9.17) is 0 Å². The van der Waals surface area contributed by atoms with Gasteiger partial charge in [0, 0.05) is 45.3 Å². The minimum atomic E-state index is 0.685. The first-order valence-electron chi connectivity index (χ1n) is 9.67. The molecular weight excluding hydrogens is 354 g/mol. The zero-order valence-electron chi connectivity index (χ0n) is 15.9. The summed E-state index contributed by atoms with van der Waals surface area (Å²) in [5, 5.41) is 14.1. The number of rotatable bonds is 1. The lowest BCUT2D eigenvalue weighted by Gasteiger charge is -2.09. The van der Waals surface area contributed by atoms with E-state index in [9.17, 15) is 5.26 Å². The van der Waals surface area contributed by atoms with Gasteiger partial charge in [-0.15, -0.1) is 0 Å². The summed E-state index contributed by atoms with van der Waals surface area (Å²) < 4.78 is 4.55. The molecule has 0 radical (unpaired) electrons. The third kappa shape index (κ3) is 2.11. The molecule has 0 saturated heterocycles. The van der Waals surface area contributed by atoms with Gasteiger partial charge in [-0.1, -0.05) is 36.4 Å². The van der Waals surface area contributed by atoms with E-state index in [1.54, 1.807) is 0 Å². The molecule has 0 N–H and O–H groups in total. The first-order valence-corrected chi connectivity index (χ1v) is 9.67. The van der Waals surface area contributed by atoms with Gasteiger partial charge < -0.3 is 9.13 Å². The molecule has 136 valence electrons. The summed E-state index contributed by atoms with van der Waals surface area (Å²) in [6.45, 7) is 0. The van der Waals surface area contributed by atoms with Gasteiger partial charge in [0.1, 0.15) is 0 Å². The van der Waals surface area contributed by atoms with Gasteiger partial charge in [-0.2, -0.15) is 5.26 Å². The van der Waals surface area contributed by atoms with Crippen LogP contribution in [0.2, 0.25) is 0 Å². The Balaban J connectivity index is 1.75. The Bertz CT molecular complexity index is 1620. The summed E-state index contributed by atoms with van der Waals surface area (Å²) in [5.41, 5.74) is 6.54. The predicted octanol–water partition coefficient (Wildman–Crippen LogP) is 6.30. The van der Waals surface area contributed by atoms with Crippen molar-refractivity contribution in [1.29, 1.82) is 5.26 Å². The molecule has 0 amide bonds. The van der Waals surface area contributed by atoms with Crippen LogP contribution in [-0.2, 0) is 7.05 Å². The molecule has 0 saturated carbocycles. The Hall–Kier alpha value is -4.03. The van der Waals surface area contributed by atoms with Gasteiger partial charge in [-0.25, -0.2) is 0 Å². The molecule has 0 atom stereocenters. The molecule has 2 heterocycles. The molecule has 0 bridgehead atoms. The number of benzene rings is 4. The quantitative estimate of drug-likeness (QED) is 0.334. The van der Waals surface area contributed by atoms with Crippen LogP contribution in [0.25, 0.3) is 49.3 Å². The van der Waals surface area contributed by atoms with Crippen molar-refractivity contribution in [2.75, 3.05) is 0 Å². The van der Waals surface area contributed by atoms with Crippen LogP contribution in [0, 0.1) is 11.3 Å². The van der Waals surface area contributed by atoms with Crippen LogP contribution in [0.4, 0.5) is 0 Å². The smallest absolute Gasteiger partial charge is 0.0991 e. The Kier molecular flexibility index (Phi) is 3.16. The van der Waals surface area contributed by atoms with Gasteiger partial charge in [0.25, 0.3) is 0 Å². The summed E-state index contributed by atoms with van der Waals surface area (Å²) >= 11 is 0. The second kappa shape index (κ2) is 5.73. The summed E-state index contributed by atoms with van der Waals surface area (Å²) in [5.74, 6) is 0. The van der Waals surface area contributed by atoms with Crippen molar-refractivity contribution < 1.29 is 0 Å². The highest BCUT2D eigenvalue weighted by Gasteiger charge is 2.14. The van der Waals surface area contributed by atoms with Crippen molar-refractivity contribution in [2.24, 2.45) is 7.05 Å². The predicted molar refractivity (Wildman–Crippen MR) is 119 cm³/mol. The lowest BCUT2D eigenvalue weighted by molar-refractivity contribution is 1.01. The Morgan fingerprint density at radius 1 is 0.621 bits per heavy atom. The lowest BCUT2D eigenvalue weighted by atomic mass is 10.1. The van der Waals surface area contributed by atoms with Crippen molar-refractivity contribution in [3.63, 3.8) is 0 Å². The van der Waals surface area contributed by atoms with Crippen LogP contribution in [0.3, 0.4) is 0 Å². The fourth-order valence-corrected chi connectivity index (χ4v) is 4.62. The van der Waals surface area contributed by atoms with E-state index in [2.05, 4.69) is 95.0 Å². The summed E-state index contributed by atoms with van der Waals surface area (Å²) in [7, 11) is 2.12. The average molecular weight is 371 g/mol. The van der Waals surface area contributed by atoms with Gasteiger partial charge in [0.2, 0.25) is 0 Å². The zero-order valence-corrected chi connectivity index (χ0v) is 15.9. The fourth-order valence-electron chi connectivity index (χ4n) is 4.62. The van der Waals surface area contributed by atoms with Crippen LogP contribution in [0.15, 0.2) is 84.9 Å². The van der Waals surface area contributed by atoms with E-state index in [0.717, 1.165) is 27.5 Å². The molecule has 4 aromatic carbocycles. The highest BCUT2D eigenvalue weighted by molar-refractivity contribution is 6.11. The molecule has 0 aliphatic carbocycles. The van der Waals surface area contributed by atoms with Gasteiger partial charge in [-0.3, -0.25) is 0 Å². The molecular formula is C26H17N3. The summed E-state index contributed by atoms with van der Waals surface area (Å²) in [6.07, 6.45) is 0. The van der Waals surface area contributed by atoms with Crippen molar-refractivity contribution in [3.05, 3.63) is 90.5 Å². The summed E-state index contributed by atoms with van der Waals surface area (Å²) in [6, 6.07) is 31.8. The standard InChI is InChI=1S/C26H17N3/c1-28-23-8-4-2-6-19(23)22-15-18(11-13-24(22)28)29-25-9-5-3-7-20(25)21-14-17(16-27)10-12-26(21)29/h2-15H,1H3. The molecule has 2 aromatic heterocycles. The van der Waals surface area contributed by atoms with E-state index in [1.807, 2.05) is 12.1 Å². The van der Waals surface area contributed by atoms with Gasteiger partial charge in [-0.05, 0) is 48.5 Å². The summed E-state index contributed by atoms with van der Waals surface area (Å²) in [4.78, 5) is 0. The molecule has 0 fully saturated rings. The van der Waals surface area contributed by atoms with E-state index < -0.39 is 0 Å². The van der Waals surface area contributed by atoms with Crippen LogP contribution < -0.4 is 0 Å². The fraction of sp³-hybridized carbons (Fsp3) is 0.0385. The maximum atomic E-state index is 9.36. The van der Waals surface area contributed by atoms with Gasteiger partial charge in [0.05, 0.1) is 22.7 Å². The minimum Gasteiger partial charge on any atom is -0.344 e.